The number of nitrogen functional groups attached to an aromatic ring is 1. The van der Waals surface area contributed by atoms with Crippen molar-refractivity contribution in [2.24, 2.45) is 0 Å². The zero-order valence-corrected chi connectivity index (χ0v) is 13.0. The molecule has 0 aliphatic carbocycles. The third-order valence-corrected chi connectivity index (χ3v) is 3.31. The molecule has 0 heterocycles. The van der Waals surface area contributed by atoms with Crippen molar-refractivity contribution >= 4 is 44.8 Å². The molecule has 20 heavy (non-hydrogen) atoms. The maximum atomic E-state index is 12.1. The first-order valence-corrected chi connectivity index (χ1v) is 6.87. The lowest BCUT2D eigenvalue weighted by atomic mass is 10.2. The van der Waals surface area contributed by atoms with Crippen LogP contribution in [0.15, 0.2) is 40.9 Å². The summed E-state index contributed by atoms with van der Waals surface area (Å²) in [7, 11) is 1.55. The number of benzene rings is 2. The molecule has 104 valence electrons. The minimum atomic E-state index is -0.287. The van der Waals surface area contributed by atoms with Gasteiger partial charge in [-0.25, -0.2) is 0 Å². The van der Waals surface area contributed by atoms with Gasteiger partial charge in [0.2, 0.25) is 0 Å². The number of carbonyl (C=O) groups is 1. The van der Waals surface area contributed by atoms with Crippen LogP contribution in [0, 0.1) is 0 Å². The van der Waals surface area contributed by atoms with E-state index in [0.29, 0.717) is 27.7 Å². The van der Waals surface area contributed by atoms with Gasteiger partial charge in [0.15, 0.2) is 0 Å². The molecule has 0 fully saturated rings. The molecule has 4 nitrogen and oxygen atoms in total. The van der Waals surface area contributed by atoms with Crippen LogP contribution in [0.4, 0.5) is 11.4 Å². The number of methoxy groups -OCH3 is 1. The molecule has 0 saturated carbocycles. The first kappa shape index (κ1) is 14.7. The molecule has 1 amide bonds. The number of hydrogen-bond acceptors (Lipinski definition) is 3. The summed E-state index contributed by atoms with van der Waals surface area (Å²) in [6.07, 6.45) is 0. The molecule has 2 rings (SSSR count). The summed E-state index contributed by atoms with van der Waals surface area (Å²) in [5.41, 5.74) is 7.25. The number of anilines is 2. The molecule has 0 radical (unpaired) electrons. The predicted octanol–water partition coefficient (Wildman–Crippen LogP) is 3.95. The lowest BCUT2D eigenvalue weighted by molar-refractivity contribution is 0.102. The minimum absolute atomic E-state index is 0.287. The summed E-state index contributed by atoms with van der Waals surface area (Å²) in [6, 6.07) is 10.0. The van der Waals surface area contributed by atoms with E-state index in [0.717, 1.165) is 4.47 Å². The lowest BCUT2D eigenvalue weighted by Crippen LogP contribution is -2.13. The van der Waals surface area contributed by atoms with Crippen molar-refractivity contribution in [3.8, 4) is 5.75 Å². The van der Waals surface area contributed by atoms with Crippen LogP contribution in [0.5, 0.6) is 5.75 Å². The van der Waals surface area contributed by atoms with E-state index in [1.54, 1.807) is 43.5 Å². The van der Waals surface area contributed by atoms with Crippen LogP contribution in [0.3, 0.4) is 0 Å². The second-order valence-corrected chi connectivity index (χ2v) is 5.42. The summed E-state index contributed by atoms with van der Waals surface area (Å²) in [4.78, 5) is 12.1. The zero-order chi connectivity index (χ0) is 14.7. The van der Waals surface area contributed by atoms with Gasteiger partial charge in [-0.05, 0) is 30.3 Å². The Kier molecular flexibility index (Phi) is 4.52. The molecular weight excluding hydrogens is 344 g/mol. The van der Waals surface area contributed by atoms with Crippen molar-refractivity contribution in [1.82, 2.24) is 0 Å². The van der Waals surface area contributed by atoms with E-state index < -0.39 is 0 Å². The minimum Gasteiger partial charge on any atom is -0.497 e. The Morgan fingerprint density at radius 3 is 2.65 bits per heavy atom. The summed E-state index contributed by atoms with van der Waals surface area (Å²) in [5.74, 6) is 0.344. The highest BCUT2D eigenvalue weighted by molar-refractivity contribution is 9.10. The normalized spacial score (nSPS) is 10.2. The Bertz CT molecular complexity index is 641. The molecule has 6 heteroatoms. The molecule has 0 spiro atoms. The maximum Gasteiger partial charge on any atom is 0.255 e. The highest BCUT2D eigenvalue weighted by Gasteiger charge is 2.10. The van der Waals surface area contributed by atoms with Gasteiger partial charge in [0, 0.05) is 21.1 Å². The van der Waals surface area contributed by atoms with Crippen LogP contribution >= 0.6 is 27.5 Å². The highest BCUT2D eigenvalue weighted by Crippen LogP contribution is 2.25. The molecule has 3 N–H and O–H groups in total. The number of halogens is 2. The molecule has 0 atom stereocenters. The van der Waals surface area contributed by atoms with E-state index in [-0.39, 0.29) is 5.91 Å². The van der Waals surface area contributed by atoms with E-state index in [1.807, 2.05) is 0 Å². The summed E-state index contributed by atoms with van der Waals surface area (Å²) in [5, 5.41) is 3.21. The second-order valence-electron chi connectivity index (χ2n) is 4.07. The summed E-state index contributed by atoms with van der Waals surface area (Å²) >= 11 is 9.21. The quantitative estimate of drug-likeness (QED) is 0.820. The van der Waals surface area contributed by atoms with Crippen molar-refractivity contribution in [2.45, 2.75) is 0 Å². The van der Waals surface area contributed by atoms with Gasteiger partial charge < -0.3 is 15.8 Å². The van der Waals surface area contributed by atoms with Gasteiger partial charge in [0.05, 0.1) is 18.5 Å². The van der Waals surface area contributed by atoms with Gasteiger partial charge in [-0.3, -0.25) is 4.79 Å². The van der Waals surface area contributed by atoms with Gasteiger partial charge in [0.25, 0.3) is 5.91 Å². The largest absolute Gasteiger partial charge is 0.497 e. The molecule has 2 aromatic rings. The van der Waals surface area contributed by atoms with Crippen molar-refractivity contribution in [3.05, 3.63) is 51.5 Å². The number of carbonyl (C=O) groups excluding carboxylic acids is 1. The van der Waals surface area contributed by atoms with Gasteiger partial charge in [-0.2, -0.15) is 0 Å². The van der Waals surface area contributed by atoms with Gasteiger partial charge in [-0.15, -0.1) is 0 Å². The van der Waals surface area contributed by atoms with Gasteiger partial charge in [0.1, 0.15) is 5.75 Å². The van der Waals surface area contributed by atoms with Crippen LogP contribution in [-0.4, -0.2) is 13.0 Å². The van der Waals surface area contributed by atoms with Crippen LogP contribution < -0.4 is 15.8 Å². The average Bonchev–Trinajstić information content (AvgIpc) is 2.39. The third kappa shape index (κ3) is 3.43. The van der Waals surface area contributed by atoms with E-state index in [1.165, 1.54) is 0 Å². The molecule has 0 aliphatic rings. The average molecular weight is 356 g/mol. The molecule has 0 aromatic heterocycles. The number of amides is 1. The van der Waals surface area contributed by atoms with Crippen molar-refractivity contribution in [1.29, 1.82) is 0 Å². The van der Waals surface area contributed by atoms with E-state index in [4.69, 9.17) is 22.1 Å². The SMILES string of the molecule is COc1ccc(NC(=O)c2cc(Cl)cc(Br)c2)c(N)c1. The first-order chi connectivity index (χ1) is 9.49. The van der Waals surface area contributed by atoms with E-state index >= 15 is 0 Å². The number of ether oxygens (including phenoxy) is 1. The number of nitrogens with two attached hydrogens (primary N) is 1. The Labute approximate surface area is 130 Å². The van der Waals surface area contributed by atoms with E-state index in [2.05, 4.69) is 21.2 Å². The molecule has 0 saturated heterocycles. The second kappa shape index (κ2) is 6.15. The smallest absolute Gasteiger partial charge is 0.255 e. The first-order valence-electron chi connectivity index (χ1n) is 5.70. The Balaban J connectivity index is 2.23. The van der Waals surface area contributed by atoms with Crippen molar-refractivity contribution < 1.29 is 9.53 Å². The van der Waals surface area contributed by atoms with Crippen molar-refractivity contribution in [2.75, 3.05) is 18.2 Å². The van der Waals surface area contributed by atoms with E-state index in [9.17, 15) is 4.79 Å². The van der Waals surface area contributed by atoms with Gasteiger partial charge >= 0.3 is 0 Å². The van der Waals surface area contributed by atoms with Crippen LogP contribution in [0.1, 0.15) is 10.4 Å². The fourth-order valence-electron chi connectivity index (χ4n) is 1.66. The summed E-state index contributed by atoms with van der Waals surface area (Å²) in [6.45, 7) is 0. The topological polar surface area (TPSA) is 64.3 Å². The van der Waals surface area contributed by atoms with Crippen LogP contribution in [0.25, 0.3) is 0 Å². The zero-order valence-electron chi connectivity index (χ0n) is 10.6. The monoisotopic (exact) mass is 354 g/mol. The Hall–Kier alpha value is -1.72. The fraction of sp³-hybridized carbons (Fsp3) is 0.0714. The molecule has 2 aromatic carbocycles. The van der Waals surface area contributed by atoms with Crippen LogP contribution in [0.2, 0.25) is 5.02 Å². The van der Waals surface area contributed by atoms with Crippen molar-refractivity contribution in [3.63, 3.8) is 0 Å². The number of nitrogens with one attached hydrogen (secondary N) is 1. The standard InChI is InChI=1S/C14H12BrClN2O2/c1-20-11-2-3-13(12(17)7-11)18-14(19)8-4-9(15)6-10(16)5-8/h2-7H,17H2,1H3,(H,18,19). The molecule has 0 unspecified atom stereocenters. The van der Waals surface area contributed by atoms with Gasteiger partial charge in [-0.1, -0.05) is 27.5 Å². The molecule has 0 bridgehead atoms. The Morgan fingerprint density at radius 1 is 1.30 bits per heavy atom. The fourth-order valence-corrected chi connectivity index (χ4v) is 2.52. The molecular formula is C14H12BrClN2O2. The van der Waals surface area contributed by atoms with Crippen LogP contribution in [-0.2, 0) is 0 Å². The molecule has 0 aliphatic heterocycles. The highest BCUT2D eigenvalue weighted by atomic mass is 79.9. The summed E-state index contributed by atoms with van der Waals surface area (Å²) < 4.78 is 5.79. The lowest BCUT2D eigenvalue weighted by Gasteiger charge is -2.10. The number of hydrogen-bond donors (Lipinski definition) is 2. The predicted molar refractivity (Wildman–Crippen MR) is 84.5 cm³/mol. The maximum absolute atomic E-state index is 12.1. The number of rotatable bonds is 3. The third-order valence-electron chi connectivity index (χ3n) is 2.63. The Morgan fingerprint density at radius 2 is 2.05 bits per heavy atom.